The van der Waals surface area contributed by atoms with Crippen molar-refractivity contribution in [3.63, 3.8) is 0 Å². The number of aromatic nitrogens is 2. The van der Waals surface area contributed by atoms with Crippen LogP contribution in [0.4, 0.5) is 5.82 Å². The van der Waals surface area contributed by atoms with E-state index in [0.717, 1.165) is 24.6 Å². The molecule has 0 radical (unpaired) electrons. The molecule has 0 saturated heterocycles. The van der Waals surface area contributed by atoms with Crippen LogP contribution in [0.15, 0.2) is 0 Å². The first-order valence-corrected chi connectivity index (χ1v) is 7.83. The summed E-state index contributed by atoms with van der Waals surface area (Å²) in [5, 5.41) is 3.44. The molecule has 1 aromatic rings. The van der Waals surface area contributed by atoms with Gasteiger partial charge in [0.2, 0.25) is 0 Å². The number of nitrogens with one attached hydrogen (secondary N) is 1. The van der Waals surface area contributed by atoms with Crippen molar-refractivity contribution in [3.8, 4) is 0 Å². The molecule has 0 aliphatic heterocycles. The van der Waals surface area contributed by atoms with Gasteiger partial charge in [-0.15, -0.1) is 0 Å². The van der Waals surface area contributed by atoms with Gasteiger partial charge in [-0.25, -0.2) is 9.97 Å². The van der Waals surface area contributed by atoms with Gasteiger partial charge < -0.3 is 5.32 Å². The van der Waals surface area contributed by atoms with Crippen LogP contribution in [-0.2, 0) is 5.41 Å². The molecule has 0 amide bonds. The molecular formula is C14H22IN3. The second-order valence-corrected chi connectivity index (χ2v) is 7.12. The van der Waals surface area contributed by atoms with E-state index in [1.54, 1.807) is 0 Å². The first kappa shape index (κ1) is 14.0. The van der Waals surface area contributed by atoms with Crippen molar-refractivity contribution in [2.75, 3.05) is 11.9 Å². The van der Waals surface area contributed by atoms with E-state index in [9.17, 15) is 0 Å². The highest BCUT2D eigenvalue weighted by molar-refractivity contribution is 14.1. The Labute approximate surface area is 123 Å². The van der Waals surface area contributed by atoms with E-state index in [1.165, 1.54) is 22.1 Å². The van der Waals surface area contributed by atoms with Gasteiger partial charge >= 0.3 is 0 Å². The van der Waals surface area contributed by atoms with E-state index in [4.69, 9.17) is 9.97 Å². The van der Waals surface area contributed by atoms with Crippen LogP contribution < -0.4 is 5.32 Å². The number of hydrogen-bond acceptors (Lipinski definition) is 3. The van der Waals surface area contributed by atoms with Crippen LogP contribution in [-0.4, -0.2) is 16.5 Å². The molecule has 2 rings (SSSR count). The van der Waals surface area contributed by atoms with Crippen LogP contribution >= 0.6 is 22.6 Å². The highest BCUT2D eigenvalue weighted by atomic mass is 127. The molecule has 0 spiro atoms. The van der Waals surface area contributed by atoms with Crippen molar-refractivity contribution < 1.29 is 0 Å². The smallest absolute Gasteiger partial charge is 0.143 e. The van der Waals surface area contributed by atoms with Gasteiger partial charge in [-0.3, -0.25) is 0 Å². The SMILES string of the molecule is CCCNc1nc(C(C)(C)C)nc(C2CC2)c1I. The lowest BCUT2D eigenvalue weighted by atomic mass is 9.95. The molecule has 0 bridgehead atoms. The quantitative estimate of drug-likeness (QED) is 0.824. The Morgan fingerprint density at radius 3 is 2.44 bits per heavy atom. The molecule has 0 aromatic carbocycles. The Hall–Kier alpha value is -0.390. The Balaban J connectivity index is 2.40. The maximum absolute atomic E-state index is 4.82. The second-order valence-electron chi connectivity index (χ2n) is 6.05. The van der Waals surface area contributed by atoms with Crippen molar-refractivity contribution in [2.45, 2.75) is 58.3 Å². The summed E-state index contributed by atoms with van der Waals surface area (Å²) < 4.78 is 1.22. The van der Waals surface area contributed by atoms with Gasteiger partial charge in [-0.1, -0.05) is 27.7 Å². The lowest BCUT2D eigenvalue weighted by Gasteiger charge is -2.20. The van der Waals surface area contributed by atoms with E-state index < -0.39 is 0 Å². The minimum atomic E-state index is 0.0105. The monoisotopic (exact) mass is 359 g/mol. The van der Waals surface area contributed by atoms with Gasteiger partial charge in [0.05, 0.1) is 9.26 Å². The van der Waals surface area contributed by atoms with Crippen molar-refractivity contribution in [1.29, 1.82) is 0 Å². The predicted octanol–water partition coefficient (Wildman–Crippen LogP) is 4.08. The molecule has 1 aliphatic carbocycles. The van der Waals surface area contributed by atoms with Gasteiger partial charge in [0.1, 0.15) is 11.6 Å². The Bertz CT molecular complexity index is 433. The highest BCUT2D eigenvalue weighted by Gasteiger charge is 2.31. The van der Waals surface area contributed by atoms with Gasteiger partial charge in [0, 0.05) is 17.9 Å². The Morgan fingerprint density at radius 2 is 1.94 bits per heavy atom. The van der Waals surface area contributed by atoms with Crippen LogP contribution in [0.5, 0.6) is 0 Å². The summed E-state index contributed by atoms with van der Waals surface area (Å²) in [6.07, 6.45) is 3.68. The second kappa shape index (κ2) is 5.31. The summed E-state index contributed by atoms with van der Waals surface area (Å²) in [7, 11) is 0. The number of nitrogens with zero attached hydrogens (tertiary/aromatic N) is 2. The van der Waals surface area contributed by atoms with Gasteiger partial charge in [0.25, 0.3) is 0 Å². The first-order chi connectivity index (χ1) is 8.43. The van der Waals surface area contributed by atoms with Gasteiger partial charge in [-0.2, -0.15) is 0 Å². The Morgan fingerprint density at radius 1 is 1.28 bits per heavy atom. The standard InChI is InChI=1S/C14H22IN3/c1-5-8-16-12-10(15)11(9-6-7-9)17-13(18-12)14(2,3)4/h9H,5-8H2,1-4H3,(H,16,17,18). The molecule has 1 aliphatic rings. The summed E-state index contributed by atoms with van der Waals surface area (Å²) in [6, 6.07) is 0. The number of rotatable bonds is 4. The third-order valence-electron chi connectivity index (χ3n) is 3.05. The largest absolute Gasteiger partial charge is 0.369 e. The average Bonchev–Trinajstić information content (AvgIpc) is 3.10. The molecule has 1 heterocycles. The van der Waals surface area contributed by atoms with Crippen LogP contribution in [0, 0.1) is 3.57 Å². The molecule has 1 N–H and O–H groups in total. The number of halogens is 1. The molecule has 4 heteroatoms. The third-order valence-corrected chi connectivity index (χ3v) is 4.12. The summed E-state index contributed by atoms with van der Waals surface area (Å²) in [6.45, 7) is 9.68. The van der Waals surface area contributed by atoms with E-state index in [0.29, 0.717) is 5.92 Å². The van der Waals surface area contributed by atoms with Crippen molar-refractivity contribution in [1.82, 2.24) is 9.97 Å². The molecule has 1 fully saturated rings. The zero-order valence-electron chi connectivity index (χ0n) is 11.7. The maximum atomic E-state index is 4.82. The number of anilines is 1. The van der Waals surface area contributed by atoms with Crippen LogP contribution in [0.1, 0.15) is 64.4 Å². The van der Waals surface area contributed by atoms with Gasteiger partial charge in [0.15, 0.2) is 0 Å². The summed E-state index contributed by atoms with van der Waals surface area (Å²) in [4.78, 5) is 9.54. The van der Waals surface area contributed by atoms with Crippen LogP contribution in [0.25, 0.3) is 0 Å². The molecule has 1 saturated carbocycles. The molecule has 18 heavy (non-hydrogen) atoms. The topological polar surface area (TPSA) is 37.8 Å². The van der Waals surface area contributed by atoms with Crippen LogP contribution in [0.2, 0.25) is 0 Å². The lowest BCUT2D eigenvalue weighted by Crippen LogP contribution is -2.20. The summed E-state index contributed by atoms with van der Waals surface area (Å²) in [5.74, 6) is 2.66. The van der Waals surface area contributed by atoms with Crippen molar-refractivity contribution >= 4 is 28.4 Å². The van der Waals surface area contributed by atoms with Gasteiger partial charge in [-0.05, 0) is 41.9 Å². The Kier molecular flexibility index (Phi) is 4.14. The zero-order valence-corrected chi connectivity index (χ0v) is 13.8. The van der Waals surface area contributed by atoms with E-state index in [-0.39, 0.29) is 5.41 Å². The zero-order chi connectivity index (χ0) is 13.3. The fraction of sp³-hybridized carbons (Fsp3) is 0.714. The molecule has 0 unspecified atom stereocenters. The van der Waals surface area contributed by atoms with E-state index in [1.807, 2.05) is 0 Å². The summed E-state index contributed by atoms with van der Waals surface area (Å²) in [5.41, 5.74) is 1.27. The average molecular weight is 359 g/mol. The molecule has 100 valence electrons. The fourth-order valence-electron chi connectivity index (χ4n) is 1.79. The first-order valence-electron chi connectivity index (χ1n) is 6.75. The minimum absolute atomic E-state index is 0.0105. The highest BCUT2D eigenvalue weighted by Crippen LogP contribution is 2.42. The van der Waals surface area contributed by atoms with Crippen molar-refractivity contribution in [2.24, 2.45) is 0 Å². The van der Waals surface area contributed by atoms with Crippen molar-refractivity contribution in [3.05, 3.63) is 15.1 Å². The van der Waals surface area contributed by atoms with E-state index >= 15 is 0 Å². The van der Waals surface area contributed by atoms with Crippen LogP contribution in [0.3, 0.4) is 0 Å². The predicted molar refractivity (Wildman–Crippen MR) is 84.2 cm³/mol. The molecular weight excluding hydrogens is 337 g/mol. The third kappa shape index (κ3) is 3.13. The van der Waals surface area contributed by atoms with E-state index in [2.05, 4.69) is 55.6 Å². The maximum Gasteiger partial charge on any atom is 0.143 e. The summed E-state index contributed by atoms with van der Waals surface area (Å²) >= 11 is 2.39. The normalized spacial score (nSPS) is 15.8. The molecule has 1 aromatic heterocycles. The minimum Gasteiger partial charge on any atom is -0.369 e. The number of hydrogen-bond donors (Lipinski definition) is 1. The molecule has 0 atom stereocenters. The fourth-order valence-corrected chi connectivity index (χ4v) is 2.66. The lowest BCUT2D eigenvalue weighted by molar-refractivity contribution is 0.541. The molecule has 3 nitrogen and oxygen atoms in total.